The summed E-state index contributed by atoms with van der Waals surface area (Å²) in [7, 11) is 0. The molecule has 0 heterocycles. The Balaban J connectivity index is -0.000000275. The average Bonchev–Trinajstić information content (AvgIpc) is 2.32. The zero-order valence-electron chi connectivity index (χ0n) is 12.7. The van der Waals surface area contributed by atoms with E-state index in [0.29, 0.717) is 12.5 Å². The molecule has 0 bridgehead atoms. The molecular formula is C14H33NO2. The number of nitrogens with two attached hydrogens (primary N) is 1. The van der Waals surface area contributed by atoms with Crippen LogP contribution in [-0.4, -0.2) is 25.5 Å². The summed E-state index contributed by atoms with van der Waals surface area (Å²) in [6, 6.07) is 0. The maximum absolute atomic E-state index is 9.17. The SMILES string of the molecule is CC.CC(C)CCOC(C)CCN.CCC=O. The molecular weight excluding hydrogens is 214 g/mol. The zero-order chi connectivity index (χ0) is 14.1. The number of ether oxygens (including phenoxy) is 1. The molecule has 3 nitrogen and oxygen atoms in total. The molecule has 0 rings (SSSR count). The largest absolute Gasteiger partial charge is 0.378 e. The van der Waals surface area contributed by atoms with Crippen molar-refractivity contribution < 1.29 is 9.53 Å². The van der Waals surface area contributed by atoms with Crippen LogP contribution >= 0.6 is 0 Å². The molecule has 1 atom stereocenters. The fourth-order valence-electron chi connectivity index (χ4n) is 0.823. The van der Waals surface area contributed by atoms with Gasteiger partial charge in [0.05, 0.1) is 6.10 Å². The number of carbonyl (C=O) groups excluding carboxylic acids is 1. The van der Waals surface area contributed by atoms with Crippen LogP contribution < -0.4 is 5.73 Å². The van der Waals surface area contributed by atoms with Crippen molar-refractivity contribution in [1.82, 2.24) is 0 Å². The summed E-state index contributed by atoms with van der Waals surface area (Å²) in [5.74, 6) is 0.736. The van der Waals surface area contributed by atoms with Crippen molar-refractivity contribution in [3.8, 4) is 0 Å². The molecule has 0 aliphatic heterocycles. The molecule has 0 saturated heterocycles. The van der Waals surface area contributed by atoms with E-state index >= 15 is 0 Å². The van der Waals surface area contributed by atoms with Gasteiger partial charge in [0.15, 0.2) is 0 Å². The molecule has 0 aromatic rings. The Morgan fingerprint density at radius 2 is 1.65 bits per heavy atom. The third-order valence-electron chi connectivity index (χ3n) is 1.84. The summed E-state index contributed by atoms with van der Waals surface area (Å²) in [4.78, 5) is 9.17. The molecule has 106 valence electrons. The smallest absolute Gasteiger partial charge is 0.119 e. The van der Waals surface area contributed by atoms with Crippen LogP contribution in [0.5, 0.6) is 0 Å². The van der Waals surface area contributed by atoms with Crippen molar-refractivity contribution in [2.75, 3.05) is 13.2 Å². The van der Waals surface area contributed by atoms with Gasteiger partial charge in [0.1, 0.15) is 6.29 Å². The first-order valence-electron chi connectivity index (χ1n) is 6.83. The predicted molar refractivity (Wildman–Crippen MR) is 76.2 cm³/mol. The lowest BCUT2D eigenvalue weighted by atomic mass is 10.1. The van der Waals surface area contributed by atoms with Crippen molar-refractivity contribution >= 4 is 6.29 Å². The van der Waals surface area contributed by atoms with Crippen molar-refractivity contribution in [2.45, 2.75) is 66.9 Å². The van der Waals surface area contributed by atoms with Crippen molar-refractivity contribution in [3.05, 3.63) is 0 Å². The Labute approximate surface area is 108 Å². The van der Waals surface area contributed by atoms with Crippen LogP contribution in [0.4, 0.5) is 0 Å². The lowest BCUT2D eigenvalue weighted by Crippen LogP contribution is -2.15. The monoisotopic (exact) mass is 247 g/mol. The van der Waals surface area contributed by atoms with E-state index in [1.165, 1.54) is 0 Å². The van der Waals surface area contributed by atoms with E-state index in [-0.39, 0.29) is 0 Å². The second-order valence-corrected chi connectivity index (χ2v) is 4.02. The van der Waals surface area contributed by atoms with E-state index in [0.717, 1.165) is 38.2 Å². The Morgan fingerprint density at radius 3 is 1.94 bits per heavy atom. The summed E-state index contributed by atoms with van der Waals surface area (Å²) in [5, 5.41) is 0. The first-order chi connectivity index (χ1) is 8.08. The van der Waals surface area contributed by atoms with E-state index in [4.69, 9.17) is 10.5 Å². The Bertz CT molecular complexity index is 127. The minimum Gasteiger partial charge on any atom is -0.378 e. The second-order valence-electron chi connectivity index (χ2n) is 4.02. The topological polar surface area (TPSA) is 52.3 Å². The minimum absolute atomic E-state index is 0.332. The molecule has 17 heavy (non-hydrogen) atoms. The summed E-state index contributed by atoms with van der Waals surface area (Å²) in [6.45, 7) is 13.9. The van der Waals surface area contributed by atoms with Crippen molar-refractivity contribution in [2.24, 2.45) is 11.7 Å². The van der Waals surface area contributed by atoms with Crippen molar-refractivity contribution in [1.29, 1.82) is 0 Å². The highest BCUT2D eigenvalue weighted by atomic mass is 16.5. The summed E-state index contributed by atoms with van der Waals surface area (Å²) in [6.07, 6.45) is 3.96. The Morgan fingerprint density at radius 1 is 1.18 bits per heavy atom. The van der Waals surface area contributed by atoms with Gasteiger partial charge in [0, 0.05) is 13.0 Å². The molecule has 0 radical (unpaired) electrons. The molecule has 3 heteroatoms. The van der Waals surface area contributed by atoms with Gasteiger partial charge in [-0.3, -0.25) is 0 Å². The number of hydrogen-bond donors (Lipinski definition) is 1. The highest BCUT2D eigenvalue weighted by molar-refractivity contribution is 5.48. The molecule has 0 spiro atoms. The molecule has 0 aromatic heterocycles. The highest BCUT2D eigenvalue weighted by Crippen LogP contribution is 2.02. The van der Waals surface area contributed by atoms with E-state index in [1.807, 2.05) is 20.8 Å². The molecule has 0 amide bonds. The summed E-state index contributed by atoms with van der Waals surface area (Å²) >= 11 is 0. The fourth-order valence-corrected chi connectivity index (χ4v) is 0.823. The third-order valence-corrected chi connectivity index (χ3v) is 1.84. The van der Waals surface area contributed by atoms with Gasteiger partial charge >= 0.3 is 0 Å². The van der Waals surface area contributed by atoms with Gasteiger partial charge in [-0.05, 0) is 32.2 Å². The molecule has 0 fully saturated rings. The fraction of sp³-hybridized carbons (Fsp3) is 0.929. The van der Waals surface area contributed by atoms with Crippen LogP contribution in [0.1, 0.15) is 60.8 Å². The van der Waals surface area contributed by atoms with E-state index in [9.17, 15) is 4.79 Å². The predicted octanol–water partition coefficient (Wildman–Crippen LogP) is 3.41. The zero-order valence-corrected chi connectivity index (χ0v) is 12.7. The van der Waals surface area contributed by atoms with Crippen LogP contribution in [0.15, 0.2) is 0 Å². The lowest BCUT2D eigenvalue weighted by molar-refractivity contribution is -0.107. The highest BCUT2D eigenvalue weighted by Gasteiger charge is 2.00. The first kappa shape index (κ1) is 21.8. The Kier molecular flexibility index (Phi) is 26.9. The number of carbonyl (C=O) groups is 1. The van der Waals surface area contributed by atoms with Gasteiger partial charge in [-0.2, -0.15) is 0 Å². The second kappa shape index (κ2) is 20.9. The molecule has 0 saturated carbocycles. The average molecular weight is 247 g/mol. The molecule has 0 aromatic carbocycles. The number of aldehydes is 1. The van der Waals surface area contributed by atoms with Crippen LogP contribution in [0.25, 0.3) is 0 Å². The van der Waals surface area contributed by atoms with E-state index in [1.54, 1.807) is 0 Å². The summed E-state index contributed by atoms with van der Waals surface area (Å²) in [5.41, 5.74) is 5.38. The van der Waals surface area contributed by atoms with Crippen LogP contribution in [0.3, 0.4) is 0 Å². The molecule has 0 aliphatic carbocycles. The van der Waals surface area contributed by atoms with Gasteiger partial charge in [-0.25, -0.2) is 0 Å². The number of rotatable bonds is 7. The third kappa shape index (κ3) is 31.3. The molecule has 1 unspecified atom stereocenters. The van der Waals surface area contributed by atoms with E-state index < -0.39 is 0 Å². The van der Waals surface area contributed by atoms with Gasteiger partial charge in [0.25, 0.3) is 0 Å². The maximum atomic E-state index is 9.17. The minimum atomic E-state index is 0.332. The first-order valence-corrected chi connectivity index (χ1v) is 6.83. The van der Waals surface area contributed by atoms with Gasteiger partial charge < -0.3 is 15.3 Å². The van der Waals surface area contributed by atoms with Crippen molar-refractivity contribution in [3.63, 3.8) is 0 Å². The Hall–Kier alpha value is -0.410. The molecule has 0 aliphatic rings. The van der Waals surface area contributed by atoms with Gasteiger partial charge in [0.2, 0.25) is 0 Å². The molecule has 2 N–H and O–H groups in total. The normalized spacial score (nSPS) is 10.8. The van der Waals surface area contributed by atoms with Crippen LogP contribution in [0, 0.1) is 5.92 Å². The van der Waals surface area contributed by atoms with E-state index in [2.05, 4.69) is 20.8 Å². The number of hydrogen-bond acceptors (Lipinski definition) is 3. The van der Waals surface area contributed by atoms with Crippen LogP contribution in [-0.2, 0) is 9.53 Å². The quantitative estimate of drug-likeness (QED) is 0.701. The lowest BCUT2D eigenvalue weighted by Gasteiger charge is -2.12. The maximum Gasteiger partial charge on any atom is 0.119 e. The van der Waals surface area contributed by atoms with Gasteiger partial charge in [-0.1, -0.05) is 34.6 Å². The van der Waals surface area contributed by atoms with Gasteiger partial charge in [-0.15, -0.1) is 0 Å². The standard InChI is InChI=1S/C9H21NO.C3H6O.C2H6/c1-8(2)5-7-11-9(3)4-6-10;1-2-3-4;1-2/h8-9H,4-7,10H2,1-3H3;3H,2H2,1H3;1-2H3. The summed E-state index contributed by atoms with van der Waals surface area (Å²) < 4.78 is 5.51. The van der Waals surface area contributed by atoms with Crippen LogP contribution in [0.2, 0.25) is 0 Å².